The van der Waals surface area contributed by atoms with E-state index in [1.54, 1.807) is 12.1 Å². The lowest BCUT2D eigenvalue weighted by atomic mass is 10.1. The second kappa shape index (κ2) is 8.54. The van der Waals surface area contributed by atoms with E-state index >= 15 is 0 Å². The van der Waals surface area contributed by atoms with Crippen molar-refractivity contribution in [1.82, 2.24) is 0 Å². The molecule has 0 aliphatic rings. The van der Waals surface area contributed by atoms with E-state index in [-0.39, 0.29) is 17.2 Å². The number of rotatable bonds is 8. The Morgan fingerprint density at radius 3 is 2.11 bits per heavy atom. The van der Waals surface area contributed by atoms with Crippen LogP contribution in [0.15, 0.2) is 35.7 Å². The number of phenols is 1. The first kappa shape index (κ1) is 20.2. The summed E-state index contributed by atoms with van der Waals surface area (Å²) in [4.78, 5) is 0. The molecule has 146 valence electrons. The van der Waals surface area contributed by atoms with E-state index in [1.165, 1.54) is 52.7 Å². The monoisotopic (exact) mass is 395 g/mol. The summed E-state index contributed by atoms with van der Waals surface area (Å²) in [6.07, 6.45) is 1.34. The second-order valence-electron chi connectivity index (χ2n) is 5.25. The molecule has 0 saturated heterocycles. The van der Waals surface area contributed by atoms with Crippen molar-refractivity contribution in [3.63, 3.8) is 0 Å². The van der Waals surface area contributed by atoms with Gasteiger partial charge in [0.1, 0.15) is 17.2 Å². The molecule has 2 aromatic rings. The lowest BCUT2D eigenvalue weighted by Crippen LogP contribution is -2.10. The van der Waals surface area contributed by atoms with Crippen LogP contribution in [-0.2, 0) is 10.0 Å². The summed E-state index contributed by atoms with van der Waals surface area (Å²) in [5.41, 5.74) is 0.532. The van der Waals surface area contributed by atoms with Gasteiger partial charge in [0.05, 0.1) is 45.1 Å². The molecule has 0 saturated carbocycles. The van der Waals surface area contributed by atoms with Crippen LogP contribution in [0.5, 0.6) is 28.7 Å². The highest BCUT2D eigenvalue weighted by atomic mass is 32.2. The van der Waals surface area contributed by atoms with Gasteiger partial charge in [-0.2, -0.15) is 0 Å². The Labute approximate surface area is 158 Å². The molecule has 8 nitrogen and oxygen atoms in total. The fourth-order valence-electron chi connectivity index (χ4n) is 2.36. The fourth-order valence-corrected chi connectivity index (χ4v) is 3.21. The quantitative estimate of drug-likeness (QED) is 0.708. The predicted molar refractivity (Wildman–Crippen MR) is 102 cm³/mol. The highest BCUT2D eigenvalue weighted by Crippen LogP contribution is 2.36. The van der Waals surface area contributed by atoms with E-state index in [0.29, 0.717) is 22.8 Å². The number of phenolic OH excluding ortho intramolecular Hbond substituents is 1. The van der Waals surface area contributed by atoms with E-state index in [2.05, 4.69) is 4.72 Å². The van der Waals surface area contributed by atoms with Gasteiger partial charge in [-0.05, 0) is 18.2 Å². The van der Waals surface area contributed by atoms with E-state index < -0.39 is 10.0 Å². The van der Waals surface area contributed by atoms with Crippen molar-refractivity contribution in [1.29, 1.82) is 0 Å². The Bertz CT molecular complexity index is 914. The van der Waals surface area contributed by atoms with Crippen molar-refractivity contribution >= 4 is 21.8 Å². The maximum absolute atomic E-state index is 12.4. The summed E-state index contributed by atoms with van der Waals surface area (Å²) in [5, 5.41) is 10.7. The molecular weight excluding hydrogens is 374 g/mol. The molecule has 0 spiro atoms. The minimum absolute atomic E-state index is 0.0223. The number of anilines is 1. The summed E-state index contributed by atoms with van der Waals surface area (Å²) in [7, 11) is 1.83. The van der Waals surface area contributed by atoms with Crippen molar-refractivity contribution in [2.45, 2.75) is 0 Å². The zero-order chi connectivity index (χ0) is 20.0. The molecule has 0 fully saturated rings. The van der Waals surface area contributed by atoms with Gasteiger partial charge in [-0.3, -0.25) is 4.72 Å². The third kappa shape index (κ3) is 4.76. The zero-order valence-corrected chi connectivity index (χ0v) is 16.2. The van der Waals surface area contributed by atoms with Gasteiger partial charge in [0, 0.05) is 12.1 Å². The Kier molecular flexibility index (Phi) is 6.40. The Morgan fingerprint density at radius 1 is 0.963 bits per heavy atom. The number of para-hydroxylation sites is 1. The van der Waals surface area contributed by atoms with Crippen molar-refractivity contribution in [2.75, 3.05) is 33.2 Å². The first-order valence-electron chi connectivity index (χ1n) is 7.72. The number of benzene rings is 2. The maximum Gasteiger partial charge on any atom is 0.255 e. The molecule has 0 bridgehead atoms. The van der Waals surface area contributed by atoms with Crippen LogP contribution in [-0.4, -0.2) is 42.0 Å². The van der Waals surface area contributed by atoms with Crippen LogP contribution >= 0.6 is 0 Å². The first-order valence-corrected chi connectivity index (χ1v) is 9.26. The second-order valence-corrected chi connectivity index (χ2v) is 6.82. The van der Waals surface area contributed by atoms with Crippen LogP contribution in [0.4, 0.5) is 5.69 Å². The molecule has 0 amide bonds. The van der Waals surface area contributed by atoms with Gasteiger partial charge < -0.3 is 24.1 Å². The molecule has 2 N–H and O–H groups in total. The van der Waals surface area contributed by atoms with Crippen LogP contribution in [0.3, 0.4) is 0 Å². The summed E-state index contributed by atoms with van der Waals surface area (Å²) < 4.78 is 48.0. The number of nitrogens with one attached hydrogen (secondary N) is 1. The van der Waals surface area contributed by atoms with Crippen molar-refractivity contribution < 1.29 is 32.5 Å². The normalized spacial score (nSPS) is 11.3. The molecule has 0 aromatic heterocycles. The topological polar surface area (TPSA) is 103 Å². The fraction of sp³-hybridized carbons (Fsp3) is 0.222. The lowest BCUT2D eigenvalue weighted by Gasteiger charge is -2.13. The molecule has 2 rings (SSSR count). The molecule has 2 aromatic carbocycles. The number of aromatic hydroxyl groups is 1. The summed E-state index contributed by atoms with van der Waals surface area (Å²) in [5.74, 6) is 1.11. The van der Waals surface area contributed by atoms with Crippen molar-refractivity contribution in [2.24, 2.45) is 0 Å². The summed E-state index contributed by atoms with van der Waals surface area (Å²) in [6, 6.07) is 7.58. The smallest absolute Gasteiger partial charge is 0.255 e. The highest BCUT2D eigenvalue weighted by Gasteiger charge is 2.15. The van der Waals surface area contributed by atoms with Gasteiger partial charge >= 0.3 is 0 Å². The molecule has 0 radical (unpaired) electrons. The molecule has 27 heavy (non-hydrogen) atoms. The van der Waals surface area contributed by atoms with Gasteiger partial charge in [-0.25, -0.2) is 8.42 Å². The third-order valence-electron chi connectivity index (χ3n) is 3.62. The van der Waals surface area contributed by atoms with Crippen LogP contribution in [0, 0.1) is 0 Å². The van der Waals surface area contributed by atoms with Crippen LogP contribution in [0.1, 0.15) is 5.56 Å². The van der Waals surface area contributed by atoms with Gasteiger partial charge in [-0.15, -0.1) is 0 Å². The predicted octanol–water partition coefficient (Wildman–Crippen LogP) is 2.84. The van der Waals surface area contributed by atoms with Crippen LogP contribution in [0.2, 0.25) is 0 Å². The van der Waals surface area contributed by atoms with E-state index in [4.69, 9.17) is 18.9 Å². The molecular formula is C18H21NO7S. The lowest BCUT2D eigenvalue weighted by molar-refractivity contribution is 0.374. The van der Waals surface area contributed by atoms with Crippen molar-refractivity contribution in [3.8, 4) is 28.7 Å². The number of methoxy groups -OCH3 is 4. The molecule has 9 heteroatoms. The Hall–Kier alpha value is -3.07. The average Bonchev–Trinajstić information content (AvgIpc) is 2.65. The van der Waals surface area contributed by atoms with Crippen LogP contribution in [0.25, 0.3) is 6.08 Å². The molecule has 0 unspecified atom stereocenters. The van der Waals surface area contributed by atoms with Gasteiger partial charge in [0.2, 0.25) is 0 Å². The number of sulfonamides is 1. The van der Waals surface area contributed by atoms with Crippen LogP contribution < -0.4 is 23.7 Å². The standard InChI is InChI=1S/C18H21NO7S/c1-23-12-10-16(24-2)13(17(11-12)25-3)8-9-27(21,22)19-14-6-5-7-15(20)18(14)26-4/h5-11,19-20H,1-4H3. The summed E-state index contributed by atoms with van der Waals surface area (Å²) >= 11 is 0. The highest BCUT2D eigenvalue weighted by molar-refractivity contribution is 7.95. The molecule has 0 aliphatic carbocycles. The molecule has 0 atom stereocenters. The van der Waals surface area contributed by atoms with E-state index in [1.807, 2.05) is 0 Å². The molecule has 0 aliphatic heterocycles. The van der Waals surface area contributed by atoms with Gasteiger partial charge in [0.25, 0.3) is 10.0 Å². The number of hydrogen-bond donors (Lipinski definition) is 2. The Balaban J connectivity index is 2.38. The minimum atomic E-state index is -3.91. The van der Waals surface area contributed by atoms with Crippen molar-refractivity contribution in [3.05, 3.63) is 41.3 Å². The Morgan fingerprint density at radius 2 is 1.59 bits per heavy atom. The molecule has 0 heterocycles. The average molecular weight is 395 g/mol. The number of ether oxygens (including phenoxy) is 4. The van der Waals surface area contributed by atoms with E-state index in [9.17, 15) is 13.5 Å². The maximum atomic E-state index is 12.4. The largest absolute Gasteiger partial charge is 0.504 e. The SMILES string of the molecule is COc1cc(OC)c(C=CS(=O)(=O)Nc2cccc(O)c2OC)c(OC)c1. The first-order chi connectivity index (χ1) is 12.8. The summed E-state index contributed by atoms with van der Waals surface area (Å²) in [6.45, 7) is 0. The zero-order valence-electron chi connectivity index (χ0n) is 15.3. The third-order valence-corrected chi connectivity index (χ3v) is 4.62. The van der Waals surface area contributed by atoms with Gasteiger partial charge in [-0.1, -0.05) is 6.07 Å². The van der Waals surface area contributed by atoms with E-state index in [0.717, 1.165) is 5.41 Å². The minimum Gasteiger partial charge on any atom is -0.504 e. The van der Waals surface area contributed by atoms with Gasteiger partial charge in [0.15, 0.2) is 11.5 Å². The number of hydrogen-bond acceptors (Lipinski definition) is 7.